The highest BCUT2D eigenvalue weighted by molar-refractivity contribution is 7.89. The average Bonchev–Trinajstić information content (AvgIpc) is 2.96. The van der Waals surface area contributed by atoms with Gasteiger partial charge in [-0.3, -0.25) is 5.32 Å². The molecule has 0 heterocycles. The molecule has 6 nitrogen and oxygen atoms in total. The molecule has 0 saturated heterocycles. The Bertz CT molecular complexity index is 1400. The number of carbonyl (C=O) groups excluding carboxylic acids is 1. The van der Waals surface area contributed by atoms with Crippen LogP contribution in [0.3, 0.4) is 0 Å². The summed E-state index contributed by atoms with van der Waals surface area (Å²) in [5, 5.41) is 3.45. The van der Waals surface area contributed by atoms with E-state index in [1.54, 1.807) is 25.1 Å². The van der Waals surface area contributed by atoms with Crippen LogP contribution in [0.4, 0.5) is 0 Å². The Balaban J connectivity index is 1.89. The fourth-order valence-corrected chi connectivity index (χ4v) is 5.78. The van der Waals surface area contributed by atoms with E-state index in [1.165, 1.54) is 12.1 Å². The Kier molecular flexibility index (Phi) is 9.07. The van der Waals surface area contributed by atoms with Gasteiger partial charge in [0.2, 0.25) is 10.0 Å². The summed E-state index contributed by atoms with van der Waals surface area (Å²) in [4.78, 5) is 14.1. The fraction of sp³-hybridized carbons (Fsp3) is 0.194. The molecule has 0 bridgehead atoms. The zero-order valence-electron chi connectivity index (χ0n) is 21.3. The highest BCUT2D eigenvalue weighted by Crippen LogP contribution is 2.33. The summed E-state index contributed by atoms with van der Waals surface area (Å²) in [6.45, 7) is 2.21. The lowest BCUT2D eigenvalue weighted by molar-refractivity contribution is -0.152. The summed E-state index contributed by atoms with van der Waals surface area (Å²) in [7, 11) is -4.01. The number of ether oxygens (including phenoxy) is 1. The Morgan fingerprint density at radius 3 is 1.82 bits per heavy atom. The summed E-state index contributed by atoms with van der Waals surface area (Å²) >= 11 is 0. The van der Waals surface area contributed by atoms with Crippen LogP contribution >= 0.6 is 0 Å². The monoisotopic (exact) mass is 528 g/mol. The van der Waals surface area contributed by atoms with Gasteiger partial charge in [0, 0.05) is 13.0 Å². The third-order valence-electron chi connectivity index (χ3n) is 6.37. The van der Waals surface area contributed by atoms with Gasteiger partial charge in [0.25, 0.3) is 0 Å². The second-order valence-electron chi connectivity index (χ2n) is 8.97. The largest absolute Gasteiger partial charge is 0.465 e. The van der Waals surface area contributed by atoms with Gasteiger partial charge in [-0.25, -0.2) is 17.9 Å². The number of hydrogen-bond donors (Lipinski definition) is 2. The SMILES string of the molecule is CCOC(=O)[C@](Cc1ccccc1)(NCc1ccccc1)[C@@H](NS(=O)(=O)c1ccccc1)c1ccccc1. The molecule has 0 unspecified atom stereocenters. The van der Waals surface area contributed by atoms with Gasteiger partial charge in [-0.2, -0.15) is 0 Å². The van der Waals surface area contributed by atoms with Gasteiger partial charge in [0.1, 0.15) is 5.54 Å². The zero-order valence-corrected chi connectivity index (χ0v) is 22.1. The third-order valence-corrected chi connectivity index (χ3v) is 7.81. The average molecular weight is 529 g/mol. The first-order valence-corrected chi connectivity index (χ1v) is 14.1. The van der Waals surface area contributed by atoms with E-state index in [4.69, 9.17) is 4.74 Å². The maximum absolute atomic E-state index is 14.0. The predicted molar refractivity (Wildman–Crippen MR) is 149 cm³/mol. The van der Waals surface area contributed by atoms with Gasteiger partial charge in [-0.05, 0) is 35.7 Å². The maximum Gasteiger partial charge on any atom is 0.328 e. The molecule has 0 aliphatic rings. The molecule has 7 heteroatoms. The molecule has 0 amide bonds. The molecule has 38 heavy (non-hydrogen) atoms. The molecule has 0 aromatic heterocycles. The maximum atomic E-state index is 14.0. The highest BCUT2D eigenvalue weighted by atomic mass is 32.2. The minimum absolute atomic E-state index is 0.112. The topological polar surface area (TPSA) is 84.5 Å². The van der Waals surface area contributed by atoms with Crippen molar-refractivity contribution in [3.8, 4) is 0 Å². The van der Waals surface area contributed by atoms with Gasteiger partial charge >= 0.3 is 5.97 Å². The van der Waals surface area contributed by atoms with Crippen LogP contribution in [0.25, 0.3) is 0 Å². The van der Waals surface area contributed by atoms with Crippen molar-refractivity contribution in [3.63, 3.8) is 0 Å². The molecule has 0 aliphatic carbocycles. The van der Waals surface area contributed by atoms with Crippen LogP contribution in [0.5, 0.6) is 0 Å². The van der Waals surface area contributed by atoms with Crippen molar-refractivity contribution < 1.29 is 17.9 Å². The molecule has 0 radical (unpaired) electrons. The van der Waals surface area contributed by atoms with Gasteiger partial charge in [0.05, 0.1) is 17.5 Å². The van der Waals surface area contributed by atoms with E-state index < -0.39 is 27.6 Å². The summed E-state index contributed by atoms with van der Waals surface area (Å²) in [6.07, 6.45) is 0.191. The normalized spacial score (nSPS) is 13.8. The molecule has 0 aliphatic heterocycles. The van der Waals surface area contributed by atoms with E-state index in [0.717, 1.165) is 11.1 Å². The van der Waals surface area contributed by atoms with Crippen LogP contribution < -0.4 is 10.0 Å². The molecule has 4 rings (SSSR count). The second kappa shape index (κ2) is 12.6. The van der Waals surface area contributed by atoms with E-state index in [0.29, 0.717) is 12.1 Å². The molecule has 0 fully saturated rings. The first-order chi connectivity index (χ1) is 18.4. The number of sulfonamides is 1. The minimum Gasteiger partial charge on any atom is -0.465 e. The van der Waals surface area contributed by atoms with Crippen LogP contribution in [-0.2, 0) is 32.5 Å². The lowest BCUT2D eigenvalue weighted by Gasteiger charge is -2.40. The number of nitrogens with one attached hydrogen (secondary N) is 2. The van der Waals surface area contributed by atoms with E-state index in [1.807, 2.05) is 91.0 Å². The van der Waals surface area contributed by atoms with Crippen molar-refractivity contribution in [1.29, 1.82) is 0 Å². The number of carbonyl (C=O) groups is 1. The van der Waals surface area contributed by atoms with Crippen molar-refractivity contribution in [2.45, 2.75) is 36.4 Å². The van der Waals surface area contributed by atoms with Gasteiger partial charge < -0.3 is 4.74 Å². The Hall–Kier alpha value is -3.78. The van der Waals surface area contributed by atoms with Crippen molar-refractivity contribution in [2.24, 2.45) is 0 Å². The minimum atomic E-state index is -4.01. The Morgan fingerprint density at radius 2 is 1.26 bits per heavy atom. The third kappa shape index (κ3) is 6.55. The molecule has 196 valence electrons. The lowest BCUT2D eigenvalue weighted by atomic mass is 9.80. The number of esters is 1. The molecule has 4 aromatic rings. The van der Waals surface area contributed by atoms with Crippen LogP contribution in [0.1, 0.15) is 29.7 Å². The first kappa shape index (κ1) is 27.3. The Labute approximate surface area is 224 Å². The molecule has 2 N–H and O–H groups in total. The van der Waals surface area contributed by atoms with Crippen LogP contribution in [0, 0.1) is 0 Å². The van der Waals surface area contributed by atoms with E-state index in [2.05, 4.69) is 10.0 Å². The smallest absolute Gasteiger partial charge is 0.328 e. The van der Waals surface area contributed by atoms with Crippen molar-refractivity contribution >= 4 is 16.0 Å². The van der Waals surface area contributed by atoms with Gasteiger partial charge in [0.15, 0.2) is 0 Å². The molecular weight excluding hydrogens is 496 g/mol. The molecule has 4 aromatic carbocycles. The highest BCUT2D eigenvalue weighted by Gasteiger charge is 2.49. The molecule has 0 spiro atoms. The van der Waals surface area contributed by atoms with Crippen molar-refractivity contribution in [2.75, 3.05) is 6.61 Å². The first-order valence-electron chi connectivity index (χ1n) is 12.6. The zero-order chi connectivity index (χ0) is 26.8. The van der Waals surface area contributed by atoms with E-state index in [9.17, 15) is 13.2 Å². The number of hydrogen-bond acceptors (Lipinski definition) is 5. The van der Waals surface area contributed by atoms with Crippen molar-refractivity contribution in [1.82, 2.24) is 10.0 Å². The summed E-state index contributed by atoms with van der Waals surface area (Å²) in [5.74, 6) is -0.538. The van der Waals surface area contributed by atoms with Gasteiger partial charge in [-0.1, -0.05) is 109 Å². The van der Waals surface area contributed by atoms with Crippen molar-refractivity contribution in [3.05, 3.63) is 138 Å². The lowest BCUT2D eigenvalue weighted by Crippen LogP contribution is -2.62. The summed E-state index contributed by atoms with van der Waals surface area (Å²) < 4.78 is 35.9. The molecular formula is C31H32N2O4S. The van der Waals surface area contributed by atoms with Crippen LogP contribution in [0.15, 0.2) is 126 Å². The predicted octanol–water partition coefficient (Wildman–Crippen LogP) is 5.04. The number of rotatable bonds is 12. The molecule has 2 atom stereocenters. The summed E-state index contributed by atoms with van der Waals surface area (Å²) in [6, 6.07) is 35.5. The van der Waals surface area contributed by atoms with E-state index >= 15 is 0 Å². The molecule has 0 saturated carbocycles. The van der Waals surface area contributed by atoms with Crippen LogP contribution in [0.2, 0.25) is 0 Å². The number of benzene rings is 4. The second-order valence-corrected chi connectivity index (χ2v) is 10.7. The standard InChI is InChI=1S/C31H32N2O4S/c1-2-37-30(34)31(23-25-15-7-3-8-16-25,32-24-26-17-9-4-10-18-26)29(27-19-11-5-12-20-27)33-38(35,36)28-21-13-6-14-22-28/h3-22,29,32-33H,2,23-24H2,1H3/t29-,31+/m0/s1. The van der Waals surface area contributed by atoms with Gasteiger partial charge in [-0.15, -0.1) is 0 Å². The fourth-order valence-electron chi connectivity index (χ4n) is 4.48. The quantitative estimate of drug-likeness (QED) is 0.252. The Morgan fingerprint density at radius 1 is 0.763 bits per heavy atom. The summed E-state index contributed by atoms with van der Waals surface area (Å²) in [5.41, 5.74) is 0.973. The van der Waals surface area contributed by atoms with Crippen LogP contribution in [-0.4, -0.2) is 26.5 Å². The van der Waals surface area contributed by atoms with E-state index in [-0.39, 0.29) is 17.9 Å².